The molecule has 2 saturated heterocycles. The fraction of sp³-hybridized carbons (Fsp3) is 0.526. The van der Waals surface area contributed by atoms with Crippen LogP contribution in [0.2, 0.25) is 0 Å². The maximum absolute atomic E-state index is 12.8. The molecule has 1 N–H and O–H groups in total. The van der Waals surface area contributed by atoms with Crippen LogP contribution >= 0.6 is 0 Å². The number of benzene rings is 1. The highest BCUT2D eigenvalue weighted by molar-refractivity contribution is 7.89. The second kappa shape index (κ2) is 8.21. The first-order chi connectivity index (χ1) is 12.5. The van der Waals surface area contributed by atoms with Gasteiger partial charge >= 0.3 is 0 Å². The Bertz CT molecular complexity index is 766. The number of ether oxygens (including phenoxy) is 1. The van der Waals surface area contributed by atoms with Crippen molar-refractivity contribution in [2.75, 3.05) is 19.7 Å². The zero-order valence-corrected chi connectivity index (χ0v) is 15.5. The van der Waals surface area contributed by atoms with E-state index in [-0.39, 0.29) is 23.5 Å². The van der Waals surface area contributed by atoms with E-state index in [1.165, 1.54) is 4.31 Å². The predicted molar refractivity (Wildman–Crippen MR) is 97.7 cm³/mol. The van der Waals surface area contributed by atoms with Gasteiger partial charge in [0.05, 0.1) is 16.9 Å². The van der Waals surface area contributed by atoms with Gasteiger partial charge in [0.1, 0.15) is 6.04 Å². The van der Waals surface area contributed by atoms with Crippen LogP contribution in [-0.2, 0) is 19.6 Å². The Morgan fingerprint density at radius 3 is 2.69 bits per heavy atom. The fourth-order valence-corrected chi connectivity index (χ4v) is 5.04. The Hall–Kier alpha value is -1.88. The molecule has 2 aliphatic rings. The molecule has 3 rings (SSSR count). The van der Waals surface area contributed by atoms with Crippen LogP contribution in [0.25, 0.3) is 0 Å². The lowest BCUT2D eigenvalue weighted by Crippen LogP contribution is -2.49. The molecular weight excluding hydrogens is 352 g/mol. The van der Waals surface area contributed by atoms with Gasteiger partial charge in [-0.15, -0.1) is 6.42 Å². The molecule has 26 heavy (non-hydrogen) atoms. The SMILES string of the molecule is C#CC(NC(=O)C1CCCN(S(=O)(=O)c2ccccc2)C1)C1CCCO1. The third kappa shape index (κ3) is 4.09. The maximum Gasteiger partial charge on any atom is 0.243 e. The minimum absolute atomic E-state index is 0.156. The first-order valence-electron chi connectivity index (χ1n) is 8.95. The van der Waals surface area contributed by atoms with Gasteiger partial charge in [-0.3, -0.25) is 4.79 Å². The number of nitrogens with one attached hydrogen (secondary N) is 1. The van der Waals surface area contributed by atoms with E-state index in [0.29, 0.717) is 26.0 Å². The van der Waals surface area contributed by atoms with Crippen molar-refractivity contribution in [3.63, 3.8) is 0 Å². The van der Waals surface area contributed by atoms with Gasteiger partial charge in [0, 0.05) is 19.7 Å². The Labute approximate surface area is 155 Å². The minimum Gasteiger partial charge on any atom is -0.375 e. The first kappa shape index (κ1) is 18.9. The van der Waals surface area contributed by atoms with E-state index >= 15 is 0 Å². The minimum atomic E-state index is -3.59. The standard InChI is InChI=1S/C19H24N2O4S/c1-2-17(18-11-7-13-25-18)20-19(22)15-8-6-12-21(14-15)26(23,24)16-9-4-3-5-10-16/h1,3-5,9-10,15,17-18H,6-8,11-14H2,(H,20,22). The number of nitrogens with zero attached hydrogens (tertiary/aromatic N) is 1. The van der Waals surface area contributed by atoms with Crippen LogP contribution in [0.15, 0.2) is 35.2 Å². The van der Waals surface area contributed by atoms with Gasteiger partial charge in [0.25, 0.3) is 0 Å². The molecule has 0 radical (unpaired) electrons. The molecule has 2 fully saturated rings. The molecule has 3 atom stereocenters. The first-order valence-corrected chi connectivity index (χ1v) is 10.4. The van der Waals surface area contributed by atoms with Crippen LogP contribution in [-0.4, -0.2) is 50.5 Å². The van der Waals surface area contributed by atoms with Crippen LogP contribution in [0.3, 0.4) is 0 Å². The summed E-state index contributed by atoms with van der Waals surface area (Å²) in [6, 6.07) is 7.85. The lowest BCUT2D eigenvalue weighted by molar-refractivity contribution is -0.127. The van der Waals surface area contributed by atoms with Gasteiger partial charge in [-0.2, -0.15) is 4.31 Å². The Balaban J connectivity index is 1.66. The van der Waals surface area contributed by atoms with Crippen LogP contribution in [0.4, 0.5) is 0 Å². The molecule has 0 bridgehead atoms. The van der Waals surface area contributed by atoms with Gasteiger partial charge in [0.2, 0.25) is 15.9 Å². The Kier molecular flexibility index (Phi) is 5.97. The summed E-state index contributed by atoms with van der Waals surface area (Å²) >= 11 is 0. The number of rotatable bonds is 5. The summed E-state index contributed by atoms with van der Waals surface area (Å²) in [5.74, 6) is 1.99. The second-order valence-electron chi connectivity index (χ2n) is 6.72. The van der Waals surface area contributed by atoms with Crippen LogP contribution < -0.4 is 5.32 Å². The van der Waals surface area contributed by atoms with Crippen molar-refractivity contribution >= 4 is 15.9 Å². The molecule has 0 aromatic heterocycles. The lowest BCUT2D eigenvalue weighted by Gasteiger charge is -2.32. The summed E-state index contributed by atoms with van der Waals surface area (Å²) in [4.78, 5) is 12.9. The van der Waals surface area contributed by atoms with Crippen molar-refractivity contribution < 1.29 is 17.9 Å². The van der Waals surface area contributed by atoms with Crippen LogP contribution in [0, 0.1) is 18.3 Å². The summed E-state index contributed by atoms with van der Waals surface area (Å²) < 4.78 is 32.5. The topological polar surface area (TPSA) is 75.7 Å². The number of carbonyl (C=O) groups is 1. The highest BCUT2D eigenvalue weighted by atomic mass is 32.2. The summed E-state index contributed by atoms with van der Waals surface area (Å²) in [6.07, 6.45) is 8.45. The van der Waals surface area contributed by atoms with E-state index in [1.54, 1.807) is 30.3 Å². The molecule has 1 aromatic carbocycles. The second-order valence-corrected chi connectivity index (χ2v) is 8.66. The number of terminal acetylenes is 1. The predicted octanol–water partition coefficient (Wildman–Crippen LogP) is 1.38. The molecule has 0 spiro atoms. The molecule has 2 heterocycles. The number of amides is 1. The molecular formula is C19H24N2O4S. The molecule has 140 valence electrons. The van der Waals surface area contributed by atoms with E-state index in [4.69, 9.17) is 11.2 Å². The van der Waals surface area contributed by atoms with Gasteiger partial charge in [-0.25, -0.2) is 8.42 Å². The zero-order chi connectivity index (χ0) is 18.6. The van der Waals surface area contributed by atoms with Crippen molar-refractivity contribution in [3.05, 3.63) is 30.3 Å². The Morgan fingerprint density at radius 1 is 1.27 bits per heavy atom. The molecule has 6 nitrogen and oxygen atoms in total. The number of piperidine rings is 1. The highest BCUT2D eigenvalue weighted by Crippen LogP contribution is 2.24. The largest absolute Gasteiger partial charge is 0.375 e. The van der Waals surface area contributed by atoms with Gasteiger partial charge in [-0.05, 0) is 37.8 Å². The smallest absolute Gasteiger partial charge is 0.243 e. The molecule has 1 aromatic rings. The monoisotopic (exact) mass is 376 g/mol. The van der Waals surface area contributed by atoms with Crippen molar-refractivity contribution in [2.45, 2.75) is 42.7 Å². The molecule has 0 saturated carbocycles. The van der Waals surface area contributed by atoms with E-state index < -0.39 is 22.0 Å². The summed E-state index contributed by atoms with van der Waals surface area (Å²) in [5.41, 5.74) is 0. The molecule has 2 aliphatic heterocycles. The molecule has 0 aliphatic carbocycles. The third-order valence-electron chi connectivity index (χ3n) is 4.95. The third-order valence-corrected chi connectivity index (χ3v) is 6.83. The molecule has 7 heteroatoms. The maximum atomic E-state index is 12.8. The Morgan fingerprint density at radius 2 is 2.04 bits per heavy atom. The van der Waals surface area contributed by atoms with E-state index in [2.05, 4.69) is 11.2 Å². The number of hydrogen-bond donors (Lipinski definition) is 1. The number of sulfonamides is 1. The number of hydrogen-bond acceptors (Lipinski definition) is 4. The molecule has 1 amide bonds. The average molecular weight is 376 g/mol. The summed E-state index contributed by atoms with van der Waals surface area (Å²) in [7, 11) is -3.59. The van der Waals surface area contributed by atoms with Gasteiger partial charge in [-0.1, -0.05) is 24.1 Å². The zero-order valence-electron chi connectivity index (χ0n) is 14.6. The number of carbonyl (C=O) groups excluding carboxylic acids is 1. The normalized spacial score (nSPS) is 25.3. The van der Waals surface area contributed by atoms with Crippen LogP contribution in [0.5, 0.6) is 0 Å². The van der Waals surface area contributed by atoms with Crippen molar-refractivity contribution in [2.24, 2.45) is 5.92 Å². The summed E-state index contributed by atoms with van der Waals surface area (Å²) in [5, 5.41) is 2.87. The molecule has 3 unspecified atom stereocenters. The van der Waals surface area contributed by atoms with Gasteiger partial charge < -0.3 is 10.1 Å². The van der Waals surface area contributed by atoms with E-state index in [1.807, 2.05) is 0 Å². The summed E-state index contributed by atoms with van der Waals surface area (Å²) in [6.45, 7) is 1.25. The average Bonchev–Trinajstić information content (AvgIpc) is 3.21. The van der Waals surface area contributed by atoms with E-state index in [0.717, 1.165) is 12.8 Å². The van der Waals surface area contributed by atoms with Crippen molar-refractivity contribution in [3.8, 4) is 12.3 Å². The fourth-order valence-electron chi connectivity index (χ4n) is 3.49. The van der Waals surface area contributed by atoms with Gasteiger partial charge in [0.15, 0.2) is 0 Å². The van der Waals surface area contributed by atoms with E-state index in [9.17, 15) is 13.2 Å². The lowest BCUT2D eigenvalue weighted by atomic mass is 9.98. The van der Waals surface area contributed by atoms with Crippen molar-refractivity contribution in [1.29, 1.82) is 0 Å². The van der Waals surface area contributed by atoms with Crippen LogP contribution in [0.1, 0.15) is 25.7 Å². The highest BCUT2D eigenvalue weighted by Gasteiger charge is 2.35. The van der Waals surface area contributed by atoms with Crippen molar-refractivity contribution in [1.82, 2.24) is 9.62 Å². The quantitative estimate of drug-likeness (QED) is 0.788.